The maximum absolute atomic E-state index is 15.2. The van der Waals surface area contributed by atoms with E-state index in [-0.39, 0.29) is 18.1 Å². The molecular formula is C21H21FN6O4S. The van der Waals surface area contributed by atoms with E-state index < -0.39 is 27.9 Å². The zero-order valence-corrected chi connectivity index (χ0v) is 18.4. The van der Waals surface area contributed by atoms with Crippen molar-refractivity contribution in [3.63, 3.8) is 0 Å². The first-order chi connectivity index (χ1) is 15.9. The van der Waals surface area contributed by atoms with Crippen molar-refractivity contribution in [1.29, 1.82) is 0 Å². The Labute approximate surface area is 189 Å². The van der Waals surface area contributed by atoms with Crippen LogP contribution in [-0.4, -0.2) is 77.1 Å². The van der Waals surface area contributed by atoms with E-state index in [2.05, 4.69) is 15.3 Å². The van der Waals surface area contributed by atoms with Crippen LogP contribution in [0.15, 0.2) is 48.9 Å². The lowest BCUT2D eigenvalue weighted by Gasteiger charge is -2.27. The van der Waals surface area contributed by atoms with Crippen LogP contribution in [0, 0.1) is 5.82 Å². The summed E-state index contributed by atoms with van der Waals surface area (Å²) in [5.41, 5.74) is 1.48. The predicted octanol–water partition coefficient (Wildman–Crippen LogP) is 1.71. The van der Waals surface area contributed by atoms with E-state index in [0.29, 0.717) is 42.1 Å². The first kappa shape index (κ1) is 21.3. The lowest BCUT2D eigenvalue weighted by molar-refractivity contribution is 0.139. The number of carbonyl (C=O) groups is 1. The molecule has 10 nitrogen and oxygen atoms in total. The standard InChI is InChI=1S/C21H21FN6O4S/c22-18-13-15(20(28-6-5-24-25-28)27-7-10-32-21(27)29)1-3-17(18)16-2-4-19(23-14-16)26-8-11-33(30,31)12-9-26/h1-6,13-14,20H,7-12H2. The molecule has 0 bridgehead atoms. The Morgan fingerprint density at radius 1 is 1.09 bits per heavy atom. The third-order valence-corrected chi connectivity index (χ3v) is 7.41. The number of amides is 1. The molecule has 1 atom stereocenters. The van der Waals surface area contributed by atoms with Crippen LogP contribution in [0.1, 0.15) is 11.7 Å². The molecule has 2 aromatic heterocycles. The van der Waals surface area contributed by atoms with Crippen LogP contribution in [0.5, 0.6) is 0 Å². The van der Waals surface area contributed by atoms with Crippen LogP contribution < -0.4 is 4.90 Å². The number of hydrogen-bond donors (Lipinski definition) is 0. The Hall–Kier alpha value is -3.54. The predicted molar refractivity (Wildman–Crippen MR) is 117 cm³/mol. The van der Waals surface area contributed by atoms with Gasteiger partial charge in [-0.05, 0) is 23.8 Å². The molecule has 0 spiro atoms. The Balaban J connectivity index is 1.40. The Morgan fingerprint density at radius 3 is 2.52 bits per heavy atom. The van der Waals surface area contributed by atoms with E-state index in [1.165, 1.54) is 21.8 Å². The van der Waals surface area contributed by atoms with Gasteiger partial charge in [-0.25, -0.2) is 27.3 Å². The number of aromatic nitrogens is 4. The number of hydrogen-bond acceptors (Lipinski definition) is 8. The smallest absolute Gasteiger partial charge is 0.411 e. The second kappa shape index (κ2) is 8.43. The van der Waals surface area contributed by atoms with Crippen LogP contribution in [0.3, 0.4) is 0 Å². The van der Waals surface area contributed by atoms with Crippen molar-refractivity contribution in [3.05, 3.63) is 60.3 Å². The summed E-state index contributed by atoms with van der Waals surface area (Å²) >= 11 is 0. The molecule has 172 valence electrons. The summed E-state index contributed by atoms with van der Waals surface area (Å²) < 4.78 is 45.0. The van der Waals surface area contributed by atoms with Gasteiger partial charge in [0, 0.05) is 36.6 Å². The fourth-order valence-electron chi connectivity index (χ4n) is 4.05. The minimum Gasteiger partial charge on any atom is -0.447 e. The molecule has 0 N–H and O–H groups in total. The minimum absolute atomic E-state index is 0.101. The van der Waals surface area contributed by atoms with Crippen molar-refractivity contribution in [1.82, 2.24) is 24.9 Å². The number of benzene rings is 1. The minimum atomic E-state index is -2.98. The van der Waals surface area contributed by atoms with Crippen molar-refractivity contribution in [2.24, 2.45) is 0 Å². The van der Waals surface area contributed by atoms with Gasteiger partial charge in [0.05, 0.1) is 24.2 Å². The van der Waals surface area contributed by atoms with Crippen LogP contribution in [0.4, 0.5) is 15.0 Å². The lowest BCUT2D eigenvalue weighted by Crippen LogP contribution is -2.40. The van der Waals surface area contributed by atoms with Crippen LogP contribution >= 0.6 is 0 Å². The summed E-state index contributed by atoms with van der Waals surface area (Å²) in [7, 11) is -2.98. The molecule has 0 saturated carbocycles. The average molecular weight is 473 g/mol. The summed E-state index contributed by atoms with van der Waals surface area (Å²) in [4.78, 5) is 19.9. The largest absolute Gasteiger partial charge is 0.447 e. The topological polar surface area (TPSA) is 111 Å². The number of pyridine rings is 1. The molecule has 5 rings (SSSR count). The molecule has 1 unspecified atom stereocenters. The van der Waals surface area contributed by atoms with Gasteiger partial charge >= 0.3 is 6.09 Å². The van der Waals surface area contributed by atoms with Crippen molar-refractivity contribution >= 4 is 21.7 Å². The summed E-state index contributed by atoms with van der Waals surface area (Å²) in [6.07, 6.45) is 3.50. The number of cyclic esters (lactones) is 1. The highest BCUT2D eigenvalue weighted by Gasteiger charge is 2.33. The second-order valence-corrected chi connectivity index (χ2v) is 10.2. The van der Waals surface area contributed by atoms with Crippen molar-refractivity contribution < 1.29 is 22.3 Å². The maximum Gasteiger partial charge on any atom is 0.411 e. The molecule has 3 aromatic rings. The first-order valence-electron chi connectivity index (χ1n) is 10.4. The summed E-state index contributed by atoms with van der Waals surface area (Å²) in [5.74, 6) is 0.391. The van der Waals surface area contributed by atoms with Gasteiger partial charge in [-0.15, -0.1) is 5.10 Å². The van der Waals surface area contributed by atoms with Crippen LogP contribution in [-0.2, 0) is 14.6 Å². The Kier molecular flexibility index (Phi) is 5.44. The average Bonchev–Trinajstić information content (AvgIpc) is 3.47. The molecule has 1 aromatic carbocycles. The maximum atomic E-state index is 15.2. The fourth-order valence-corrected chi connectivity index (χ4v) is 5.25. The summed E-state index contributed by atoms with van der Waals surface area (Å²) in [6, 6.07) is 8.27. The molecule has 1 amide bonds. The lowest BCUT2D eigenvalue weighted by atomic mass is 10.0. The van der Waals surface area contributed by atoms with E-state index >= 15 is 4.39 Å². The molecule has 33 heavy (non-hydrogen) atoms. The zero-order valence-electron chi connectivity index (χ0n) is 17.5. The van der Waals surface area contributed by atoms with Gasteiger partial charge in [-0.1, -0.05) is 17.3 Å². The molecule has 2 fully saturated rings. The highest BCUT2D eigenvalue weighted by atomic mass is 32.2. The molecule has 0 aliphatic carbocycles. The molecule has 2 saturated heterocycles. The third-order valence-electron chi connectivity index (χ3n) is 5.80. The molecule has 0 radical (unpaired) electrons. The van der Waals surface area contributed by atoms with Crippen molar-refractivity contribution in [2.75, 3.05) is 42.6 Å². The second-order valence-electron chi connectivity index (χ2n) is 7.85. The highest BCUT2D eigenvalue weighted by Crippen LogP contribution is 2.30. The van der Waals surface area contributed by atoms with Crippen molar-refractivity contribution in [3.8, 4) is 11.1 Å². The van der Waals surface area contributed by atoms with E-state index in [1.807, 2.05) is 4.90 Å². The van der Waals surface area contributed by atoms with Gasteiger partial charge < -0.3 is 9.64 Å². The van der Waals surface area contributed by atoms with E-state index in [4.69, 9.17) is 4.74 Å². The number of halogens is 1. The van der Waals surface area contributed by atoms with E-state index in [0.717, 1.165) is 0 Å². The van der Waals surface area contributed by atoms with Crippen LogP contribution in [0.25, 0.3) is 11.1 Å². The normalized spacial score (nSPS) is 18.9. The first-order valence-corrected chi connectivity index (χ1v) is 12.2. The van der Waals surface area contributed by atoms with Crippen molar-refractivity contribution in [2.45, 2.75) is 6.17 Å². The van der Waals surface area contributed by atoms with E-state index in [1.54, 1.807) is 36.7 Å². The van der Waals surface area contributed by atoms with Crippen LogP contribution in [0.2, 0.25) is 0 Å². The Morgan fingerprint density at radius 2 is 1.91 bits per heavy atom. The van der Waals surface area contributed by atoms with Gasteiger partial charge in [-0.3, -0.25) is 4.90 Å². The molecule has 12 heteroatoms. The summed E-state index contributed by atoms with van der Waals surface area (Å²) in [6.45, 7) is 1.39. The molecule has 4 heterocycles. The number of ether oxygens (including phenoxy) is 1. The number of rotatable bonds is 5. The number of anilines is 1. The molecular weight excluding hydrogens is 451 g/mol. The molecule has 2 aliphatic rings. The fraction of sp³-hybridized carbons (Fsp3) is 0.333. The monoisotopic (exact) mass is 472 g/mol. The van der Waals surface area contributed by atoms with Gasteiger partial charge in [0.15, 0.2) is 16.0 Å². The number of sulfone groups is 1. The van der Waals surface area contributed by atoms with E-state index in [9.17, 15) is 13.2 Å². The Bertz CT molecular complexity index is 1250. The number of nitrogens with zero attached hydrogens (tertiary/aromatic N) is 6. The zero-order chi connectivity index (χ0) is 23.0. The highest BCUT2D eigenvalue weighted by molar-refractivity contribution is 7.91. The third kappa shape index (κ3) is 4.25. The van der Waals surface area contributed by atoms with Gasteiger partial charge in [0.25, 0.3) is 0 Å². The van der Waals surface area contributed by atoms with Gasteiger partial charge in [-0.2, -0.15) is 0 Å². The quantitative estimate of drug-likeness (QED) is 0.552. The molecule has 2 aliphatic heterocycles. The summed E-state index contributed by atoms with van der Waals surface area (Å²) in [5, 5.41) is 7.79. The SMILES string of the molecule is O=C1OCCN1C(c1ccc(-c2ccc(N3CCS(=O)(=O)CC3)nc2)c(F)c1)n1ccnn1. The van der Waals surface area contributed by atoms with Gasteiger partial charge in [0.2, 0.25) is 0 Å². The van der Waals surface area contributed by atoms with Gasteiger partial charge in [0.1, 0.15) is 18.2 Å². The number of carbonyl (C=O) groups excluding carboxylic acids is 1.